The van der Waals surface area contributed by atoms with Crippen LogP contribution in [0.25, 0.3) is 0 Å². The average Bonchev–Trinajstić information content (AvgIpc) is 2.90. The maximum absolute atomic E-state index is 6.10. The number of rotatable bonds is 4. The molecule has 0 atom stereocenters. The summed E-state index contributed by atoms with van der Waals surface area (Å²) >= 11 is 0. The summed E-state index contributed by atoms with van der Waals surface area (Å²) < 4.78 is 0. The van der Waals surface area contributed by atoms with Crippen LogP contribution in [0.4, 0.5) is 0 Å². The van der Waals surface area contributed by atoms with Gasteiger partial charge in [0.05, 0.1) is 18.3 Å². The van der Waals surface area contributed by atoms with Gasteiger partial charge in [-0.3, -0.25) is 4.98 Å². The Hall–Kier alpha value is -1.58. The number of guanidine groups is 1. The quantitative estimate of drug-likeness (QED) is 0.654. The fourth-order valence-electron chi connectivity index (χ4n) is 2.34. The van der Waals surface area contributed by atoms with Crippen LogP contribution < -0.4 is 5.73 Å². The van der Waals surface area contributed by atoms with E-state index in [1.165, 1.54) is 25.7 Å². The predicted molar refractivity (Wildman–Crippen MR) is 74.2 cm³/mol. The zero-order valence-corrected chi connectivity index (χ0v) is 11.0. The van der Waals surface area contributed by atoms with E-state index in [2.05, 4.69) is 21.8 Å². The third-order valence-electron chi connectivity index (χ3n) is 3.42. The fourth-order valence-corrected chi connectivity index (χ4v) is 2.34. The van der Waals surface area contributed by atoms with Crippen molar-refractivity contribution in [1.82, 2.24) is 9.88 Å². The lowest BCUT2D eigenvalue weighted by Gasteiger charge is -2.22. The van der Waals surface area contributed by atoms with Crippen LogP contribution in [0, 0.1) is 0 Å². The Kier molecular flexibility index (Phi) is 4.56. The van der Waals surface area contributed by atoms with E-state index in [4.69, 9.17) is 5.73 Å². The molecule has 4 heteroatoms. The maximum Gasteiger partial charge on any atom is 0.191 e. The van der Waals surface area contributed by atoms with Gasteiger partial charge < -0.3 is 10.6 Å². The number of aromatic nitrogens is 1. The highest BCUT2D eigenvalue weighted by molar-refractivity contribution is 5.78. The van der Waals surface area contributed by atoms with E-state index in [1.54, 1.807) is 0 Å². The number of nitrogens with two attached hydrogens (primary N) is 1. The molecular formula is C14H22N4. The van der Waals surface area contributed by atoms with Gasteiger partial charge in [-0.15, -0.1) is 0 Å². The summed E-state index contributed by atoms with van der Waals surface area (Å²) in [7, 11) is 0. The van der Waals surface area contributed by atoms with Crippen molar-refractivity contribution >= 4 is 5.96 Å². The third-order valence-corrected chi connectivity index (χ3v) is 3.42. The van der Waals surface area contributed by atoms with Crippen LogP contribution in [0.2, 0.25) is 0 Å². The molecule has 1 heterocycles. The van der Waals surface area contributed by atoms with Gasteiger partial charge in [-0.25, -0.2) is 4.99 Å². The molecular weight excluding hydrogens is 224 g/mol. The van der Waals surface area contributed by atoms with Gasteiger partial charge >= 0.3 is 0 Å². The Labute approximate surface area is 109 Å². The Morgan fingerprint density at radius 2 is 2.22 bits per heavy atom. The van der Waals surface area contributed by atoms with E-state index in [1.807, 2.05) is 24.4 Å². The van der Waals surface area contributed by atoms with Crippen molar-refractivity contribution in [3.05, 3.63) is 30.1 Å². The molecule has 0 bridgehead atoms. The molecule has 1 aliphatic carbocycles. The Bertz CT molecular complexity index is 382. The van der Waals surface area contributed by atoms with Crippen LogP contribution in [0.1, 0.15) is 38.3 Å². The molecule has 1 aliphatic rings. The monoisotopic (exact) mass is 246 g/mol. The van der Waals surface area contributed by atoms with Gasteiger partial charge in [0.25, 0.3) is 0 Å². The lowest BCUT2D eigenvalue weighted by atomic mass is 10.3. The van der Waals surface area contributed by atoms with Crippen LogP contribution in [0.5, 0.6) is 0 Å². The SMILES string of the molecule is CCN(Cc1ccccn1)C(N)=NC1CCCC1. The van der Waals surface area contributed by atoms with Crippen molar-refractivity contribution in [3.8, 4) is 0 Å². The maximum atomic E-state index is 6.10. The largest absolute Gasteiger partial charge is 0.370 e. The summed E-state index contributed by atoms with van der Waals surface area (Å²) in [4.78, 5) is 11.0. The van der Waals surface area contributed by atoms with E-state index in [0.717, 1.165) is 18.8 Å². The number of pyridine rings is 1. The highest BCUT2D eigenvalue weighted by Gasteiger charge is 2.16. The molecule has 1 fully saturated rings. The molecule has 2 rings (SSSR count). The number of hydrogen-bond acceptors (Lipinski definition) is 2. The molecule has 0 aromatic carbocycles. The van der Waals surface area contributed by atoms with Crippen LogP contribution >= 0.6 is 0 Å². The van der Waals surface area contributed by atoms with E-state index in [-0.39, 0.29) is 0 Å². The molecule has 0 saturated heterocycles. The first-order valence-electron chi connectivity index (χ1n) is 6.77. The van der Waals surface area contributed by atoms with Crippen LogP contribution in [-0.4, -0.2) is 28.4 Å². The van der Waals surface area contributed by atoms with Crippen LogP contribution in [0.15, 0.2) is 29.4 Å². The van der Waals surface area contributed by atoms with Crippen molar-refractivity contribution < 1.29 is 0 Å². The summed E-state index contributed by atoms with van der Waals surface area (Å²) in [6, 6.07) is 6.38. The van der Waals surface area contributed by atoms with Crippen molar-refractivity contribution in [2.75, 3.05) is 6.54 Å². The third kappa shape index (κ3) is 3.45. The topological polar surface area (TPSA) is 54.5 Å². The lowest BCUT2D eigenvalue weighted by molar-refractivity contribution is 0.419. The van der Waals surface area contributed by atoms with Gasteiger partial charge in [-0.2, -0.15) is 0 Å². The molecule has 0 amide bonds. The number of hydrogen-bond donors (Lipinski definition) is 1. The Balaban J connectivity index is 1.99. The molecule has 1 aromatic heterocycles. The molecule has 1 saturated carbocycles. The van der Waals surface area contributed by atoms with Crippen molar-refractivity contribution in [2.45, 2.75) is 45.2 Å². The molecule has 98 valence electrons. The van der Waals surface area contributed by atoms with E-state index in [0.29, 0.717) is 12.0 Å². The van der Waals surface area contributed by atoms with Crippen molar-refractivity contribution in [3.63, 3.8) is 0 Å². The minimum atomic E-state index is 0.433. The molecule has 0 aliphatic heterocycles. The second kappa shape index (κ2) is 6.38. The first-order chi connectivity index (χ1) is 8.79. The van der Waals surface area contributed by atoms with Gasteiger partial charge in [0.15, 0.2) is 5.96 Å². The first-order valence-corrected chi connectivity index (χ1v) is 6.77. The summed E-state index contributed by atoms with van der Waals surface area (Å²) in [6.45, 7) is 3.69. The molecule has 4 nitrogen and oxygen atoms in total. The highest BCUT2D eigenvalue weighted by Crippen LogP contribution is 2.21. The van der Waals surface area contributed by atoms with E-state index in [9.17, 15) is 0 Å². The second-order valence-corrected chi connectivity index (χ2v) is 4.76. The van der Waals surface area contributed by atoms with E-state index < -0.39 is 0 Å². The zero-order chi connectivity index (χ0) is 12.8. The fraction of sp³-hybridized carbons (Fsp3) is 0.571. The molecule has 0 spiro atoms. The predicted octanol–water partition coefficient (Wildman–Crippen LogP) is 2.16. The molecule has 0 radical (unpaired) electrons. The average molecular weight is 246 g/mol. The first kappa shape index (κ1) is 12.9. The normalized spacial score (nSPS) is 17.1. The smallest absolute Gasteiger partial charge is 0.191 e. The van der Waals surface area contributed by atoms with E-state index >= 15 is 0 Å². The summed E-state index contributed by atoms with van der Waals surface area (Å²) in [5.74, 6) is 0.662. The van der Waals surface area contributed by atoms with Gasteiger partial charge in [0, 0.05) is 12.7 Å². The minimum absolute atomic E-state index is 0.433. The number of nitrogens with zero attached hydrogens (tertiary/aromatic N) is 3. The van der Waals surface area contributed by atoms with Crippen LogP contribution in [0.3, 0.4) is 0 Å². The summed E-state index contributed by atoms with van der Waals surface area (Å²) in [5, 5.41) is 0. The summed E-state index contributed by atoms with van der Waals surface area (Å²) in [5.41, 5.74) is 7.14. The second-order valence-electron chi connectivity index (χ2n) is 4.76. The van der Waals surface area contributed by atoms with Crippen molar-refractivity contribution in [1.29, 1.82) is 0 Å². The van der Waals surface area contributed by atoms with Gasteiger partial charge in [0.1, 0.15) is 0 Å². The highest BCUT2D eigenvalue weighted by atomic mass is 15.3. The van der Waals surface area contributed by atoms with Gasteiger partial charge in [-0.05, 0) is 31.9 Å². The summed E-state index contributed by atoms with van der Waals surface area (Å²) in [6.07, 6.45) is 6.75. The van der Waals surface area contributed by atoms with Gasteiger partial charge in [0.2, 0.25) is 0 Å². The standard InChI is InChI=1S/C14H22N4/c1-2-18(11-13-9-5-6-10-16-13)14(15)17-12-7-3-4-8-12/h5-6,9-10,12H,2-4,7-8,11H2,1H3,(H2,15,17). The lowest BCUT2D eigenvalue weighted by Crippen LogP contribution is -2.37. The van der Waals surface area contributed by atoms with Crippen molar-refractivity contribution in [2.24, 2.45) is 10.7 Å². The zero-order valence-electron chi connectivity index (χ0n) is 11.0. The molecule has 1 aromatic rings. The molecule has 2 N–H and O–H groups in total. The Morgan fingerprint density at radius 3 is 2.83 bits per heavy atom. The van der Waals surface area contributed by atoms with Gasteiger partial charge in [-0.1, -0.05) is 18.9 Å². The minimum Gasteiger partial charge on any atom is -0.370 e. The number of aliphatic imine (C=N–C) groups is 1. The molecule has 0 unspecified atom stereocenters. The van der Waals surface area contributed by atoms with Crippen LogP contribution in [-0.2, 0) is 6.54 Å². The molecule has 18 heavy (non-hydrogen) atoms. The Morgan fingerprint density at radius 1 is 1.44 bits per heavy atom.